The van der Waals surface area contributed by atoms with E-state index in [0.717, 1.165) is 12.5 Å². The molecule has 0 saturated carbocycles. The van der Waals surface area contributed by atoms with Crippen molar-refractivity contribution in [2.75, 3.05) is 0 Å². The predicted octanol–water partition coefficient (Wildman–Crippen LogP) is 3.91. The van der Waals surface area contributed by atoms with Gasteiger partial charge in [0.1, 0.15) is 0 Å². The molecule has 88 valence electrons. The third kappa shape index (κ3) is 5.83. The Balaban J connectivity index is 0.00000196. The van der Waals surface area contributed by atoms with Gasteiger partial charge in [0.15, 0.2) is 0 Å². The van der Waals surface area contributed by atoms with Crippen LogP contribution in [0.2, 0.25) is 0 Å². The van der Waals surface area contributed by atoms with E-state index < -0.39 is 0 Å². The summed E-state index contributed by atoms with van der Waals surface area (Å²) in [6, 6.07) is 0. The quantitative estimate of drug-likeness (QED) is 0.650. The molecule has 1 heterocycles. The monoisotopic (exact) mass is 230 g/mol. The van der Waals surface area contributed by atoms with Gasteiger partial charge in [-0.05, 0) is 12.3 Å². The van der Waals surface area contributed by atoms with Gasteiger partial charge in [-0.2, -0.15) is 0 Å². The number of rotatable bonds is 7. The predicted molar refractivity (Wildman–Crippen MR) is 67.4 cm³/mol. The van der Waals surface area contributed by atoms with Crippen LogP contribution < -0.4 is 0 Å². The van der Waals surface area contributed by atoms with Crippen LogP contribution in [0, 0.1) is 5.92 Å². The van der Waals surface area contributed by atoms with Crippen molar-refractivity contribution in [3.05, 3.63) is 18.7 Å². The molecule has 0 amide bonds. The van der Waals surface area contributed by atoms with Crippen LogP contribution in [-0.4, -0.2) is 9.55 Å². The standard InChI is InChI=1S/C12H22N2.ClH/c1-3-5-6-7-12(4-2)10-14-9-8-13-11-14;/h8-9,11-12H,3-7,10H2,1-2H3;1H. The molecule has 0 bridgehead atoms. The lowest BCUT2D eigenvalue weighted by atomic mass is 9.98. The second-order valence-electron chi connectivity index (χ2n) is 4.03. The zero-order valence-electron chi connectivity index (χ0n) is 9.85. The smallest absolute Gasteiger partial charge is 0.0945 e. The third-order valence-corrected chi connectivity index (χ3v) is 2.82. The number of imidazole rings is 1. The molecule has 0 aromatic carbocycles. The molecule has 0 aliphatic rings. The first-order valence-electron chi connectivity index (χ1n) is 5.82. The Morgan fingerprint density at radius 1 is 1.27 bits per heavy atom. The second-order valence-corrected chi connectivity index (χ2v) is 4.03. The van der Waals surface area contributed by atoms with Gasteiger partial charge in [0, 0.05) is 18.9 Å². The zero-order valence-corrected chi connectivity index (χ0v) is 10.7. The van der Waals surface area contributed by atoms with Gasteiger partial charge < -0.3 is 4.57 Å². The highest BCUT2D eigenvalue weighted by atomic mass is 35.5. The van der Waals surface area contributed by atoms with Crippen LogP contribution in [0.3, 0.4) is 0 Å². The normalized spacial score (nSPS) is 12.1. The third-order valence-electron chi connectivity index (χ3n) is 2.82. The maximum atomic E-state index is 4.07. The van der Waals surface area contributed by atoms with E-state index in [9.17, 15) is 0 Å². The highest BCUT2D eigenvalue weighted by Crippen LogP contribution is 2.15. The van der Waals surface area contributed by atoms with Crippen molar-refractivity contribution in [1.29, 1.82) is 0 Å². The Kier molecular flexibility index (Phi) is 8.49. The molecule has 1 rings (SSSR count). The maximum absolute atomic E-state index is 4.07. The average Bonchev–Trinajstić information content (AvgIpc) is 2.69. The van der Waals surface area contributed by atoms with Gasteiger partial charge in [0.2, 0.25) is 0 Å². The molecular weight excluding hydrogens is 208 g/mol. The molecule has 0 fully saturated rings. The SMILES string of the molecule is CCCCCC(CC)Cn1ccnc1.Cl. The molecule has 1 atom stereocenters. The minimum atomic E-state index is 0. The van der Waals surface area contributed by atoms with E-state index in [1.54, 1.807) is 0 Å². The number of unbranched alkanes of at least 4 members (excludes halogenated alkanes) is 2. The largest absolute Gasteiger partial charge is 0.337 e. The molecule has 1 aromatic rings. The topological polar surface area (TPSA) is 17.8 Å². The lowest BCUT2D eigenvalue weighted by Crippen LogP contribution is -2.08. The lowest BCUT2D eigenvalue weighted by Gasteiger charge is -2.14. The van der Waals surface area contributed by atoms with E-state index in [0.29, 0.717) is 0 Å². The van der Waals surface area contributed by atoms with Gasteiger partial charge in [-0.1, -0.05) is 39.5 Å². The fourth-order valence-corrected chi connectivity index (χ4v) is 1.80. The van der Waals surface area contributed by atoms with Crippen LogP contribution >= 0.6 is 12.4 Å². The molecular formula is C12H23ClN2. The van der Waals surface area contributed by atoms with Crippen LogP contribution in [0.15, 0.2) is 18.7 Å². The first-order chi connectivity index (χ1) is 6.86. The molecule has 0 spiro atoms. The Morgan fingerprint density at radius 3 is 2.60 bits per heavy atom. The van der Waals surface area contributed by atoms with Crippen molar-refractivity contribution in [2.45, 2.75) is 52.5 Å². The second kappa shape index (κ2) is 8.78. The first-order valence-corrected chi connectivity index (χ1v) is 5.82. The number of nitrogens with zero attached hydrogens (tertiary/aromatic N) is 2. The van der Waals surface area contributed by atoms with Crippen LogP contribution in [0.4, 0.5) is 0 Å². The fraction of sp³-hybridized carbons (Fsp3) is 0.750. The summed E-state index contributed by atoms with van der Waals surface area (Å²) in [6.45, 7) is 5.69. The van der Waals surface area contributed by atoms with E-state index >= 15 is 0 Å². The zero-order chi connectivity index (χ0) is 10.2. The van der Waals surface area contributed by atoms with Crippen LogP contribution in [0.25, 0.3) is 0 Å². The minimum absolute atomic E-state index is 0. The molecule has 0 aliphatic heterocycles. The molecule has 3 heteroatoms. The van der Waals surface area contributed by atoms with Gasteiger partial charge in [-0.3, -0.25) is 0 Å². The minimum Gasteiger partial charge on any atom is -0.337 e. The number of halogens is 1. The number of aromatic nitrogens is 2. The van der Waals surface area contributed by atoms with Gasteiger partial charge in [0.05, 0.1) is 6.33 Å². The summed E-state index contributed by atoms with van der Waals surface area (Å²) >= 11 is 0. The molecule has 0 aliphatic carbocycles. The highest BCUT2D eigenvalue weighted by molar-refractivity contribution is 5.85. The average molecular weight is 231 g/mol. The summed E-state index contributed by atoms with van der Waals surface area (Å²) in [5.41, 5.74) is 0. The molecule has 2 nitrogen and oxygen atoms in total. The van der Waals surface area contributed by atoms with Crippen molar-refractivity contribution in [3.63, 3.8) is 0 Å². The van der Waals surface area contributed by atoms with E-state index in [2.05, 4.69) is 29.6 Å². The summed E-state index contributed by atoms with van der Waals surface area (Å²) in [5.74, 6) is 0.829. The summed E-state index contributed by atoms with van der Waals surface area (Å²) in [6.07, 6.45) is 12.6. The Morgan fingerprint density at radius 2 is 2.07 bits per heavy atom. The van der Waals surface area contributed by atoms with Crippen molar-refractivity contribution in [1.82, 2.24) is 9.55 Å². The van der Waals surface area contributed by atoms with Gasteiger partial charge >= 0.3 is 0 Å². The van der Waals surface area contributed by atoms with Crippen LogP contribution in [-0.2, 0) is 6.54 Å². The number of hydrogen-bond donors (Lipinski definition) is 0. The van der Waals surface area contributed by atoms with E-state index in [1.807, 2.05) is 12.5 Å². The maximum Gasteiger partial charge on any atom is 0.0945 e. The Labute approximate surface area is 99.5 Å². The van der Waals surface area contributed by atoms with E-state index in [-0.39, 0.29) is 12.4 Å². The Hall–Kier alpha value is -0.500. The molecule has 1 aromatic heterocycles. The molecule has 0 N–H and O–H groups in total. The molecule has 15 heavy (non-hydrogen) atoms. The summed E-state index contributed by atoms with van der Waals surface area (Å²) < 4.78 is 2.19. The molecule has 0 saturated heterocycles. The van der Waals surface area contributed by atoms with Gasteiger partial charge in [0.25, 0.3) is 0 Å². The molecule has 1 unspecified atom stereocenters. The van der Waals surface area contributed by atoms with Crippen molar-refractivity contribution < 1.29 is 0 Å². The summed E-state index contributed by atoms with van der Waals surface area (Å²) in [5, 5.41) is 0. The van der Waals surface area contributed by atoms with Gasteiger partial charge in [-0.25, -0.2) is 4.98 Å². The fourth-order valence-electron chi connectivity index (χ4n) is 1.80. The summed E-state index contributed by atoms with van der Waals surface area (Å²) in [7, 11) is 0. The lowest BCUT2D eigenvalue weighted by molar-refractivity contribution is 0.387. The van der Waals surface area contributed by atoms with Crippen molar-refractivity contribution >= 4 is 12.4 Å². The first kappa shape index (κ1) is 14.5. The molecule has 0 radical (unpaired) electrons. The van der Waals surface area contributed by atoms with E-state index in [4.69, 9.17) is 0 Å². The van der Waals surface area contributed by atoms with E-state index in [1.165, 1.54) is 32.1 Å². The van der Waals surface area contributed by atoms with Gasteiger partial charge in [-0.15, -0.1) is 12.4 Å². The van der Waals surface area contributed by atoms with Crippen molar-refractivity contribution in [2.24, 2.45) is 5.92 Å². The van der Waals surface area contributed by atoms with Crippen molar-refractivity contribution in [3.8, 4) is 0 Å². The Bertz CT molecular complexity index is 222. The summed E-state index contributed by atoms with van der Waals surface area (Å²) in [4.78, 5) is 4.07. The number of hydrogen-bond acceptors (Lipinski definition) is 1. The highest BCUT2D eigenvalue weighted by Gasteiger charge is 2.06. The van der Waals surface area contributed by atoms with Crippen LogP contribution in [0.1, 0.15) is 46.0 Å². The van der Waals surface area contributed by atoms with Crippen LogP contribution in [0.5, 0.6) is 0 Å².